The standard InChI is InChI=1S/C32H32N2O4S/c1-32(2,3)24-15-16-26(31(38)33-25-8-5-4-7-21(19-25)10-17-29(35)36)27(20-24)34-30(37)23-13-11-22(12-14-23)28-9-6-18-39-28/h5-9,11-16,18-20H,4,10,17H2,1-3H3,(H,33,38)(H,34,37)(H,35,36). The third kappa shape index (κ3) is 7.42. The first-order valence-corrected chi connectivity index (χ1v) is 13.7. The molecule has 1 heterocycles. The third-order valence-electron chi connectivity index (χ3n) is 6.37. The van der Waals surface area contributed by atoms with E-state index in [2.05, 4.69) is 31.4 Å². The van der Waals surface area contributed by atoms with Crippen molar-refractivity contribution in [1.82, 2.24) is 5.32 Å². The lowest BCUT2D eigenvalue weighted by Crippen LogP contribution is -2.25. The van der Waals surface area contributed by atoms with E-state index < -0.39 is 5.97 Å². The maximum absolute atomic E-state index is 13.4. The van der Waals surface area contributed by atoms with Gasteiger partial charge in [-0.1, -0.05) is 57.2 Å². The number of hydrogen-bond donors (Lipinski definition) is 3. The molecule has 0 bridgehead atoms. The van der Waals surface area contributed by atoms with E-state index in [-0.39, 0.29) is 23.7 Å². The Kier molecular flexibility index (Phi) is 8.62. The first-order valence-electron chi connectivity index (χ1n) is 12.8. The second kappa shape index (κ2) is 12.1. The van der Waals surface area contributed by atoms with Gasteiger partial charge in [-0.15, -0.1) is 11.3 Å². The maximum atomic E-state index is 13.4. The number of benzene rings is 2. The number of carboxylic acid groups (broad SMARTS) is 1. The molecule has 0 saturated carbocycles. The van der Waals surface area contributed by atoms with E-state index >= 15 is 0 Å². The minimum Gasteiger partial charge on any atom is -0.481 e. The number of aliphatic carboxylic acids is 1. The summed E-state index contributed by atoms with van der Waals surface area (Å²) < 4.78 is 0. The van der Waals surface area contributed by atoms with Crippen molar-refractivity contribution in [3.05, 3.63) is 112 Å². The van der Waals surface area contributed by atoms with E-state index in [0.717, 1.165) is 21.6 Å². The Hall–Kier alpha value is -4.23. The average molecular weight is 541 g/mol. The summed E-state index contributed by atoms with van der Waals surface area (Å²) in [5.41, 5.74) is 4.50. The first kappa shape index (κ1) is 27.8. The second-order valence-electron chi connectivity index (χ2n) is 10.4. The van der Waals surface area contributed by atoms with Gasteiger partial charge in [0.15, 0.2) is 0 Å². The molecule has 3 aromatic rings. The molecular weight excluding hydrogens is 508 g/mol. The molecule has 1 aliphatic carbocycles. The van der Waals surface area contributed by atoms with E-state index in [0.29, 0.717) is 35.4 Å². The average Bonchev–Trinajstić information content (AvgIpc) is 3.34. The van der Waals surface area contributed by atoms with Gasteiger partial charge in [-0.2, -0.15) is 0 Å². The summed E-state index contributed by atoms with van der Waals surface area (Å²) in [7, 11) is 0. The predicted octanol–water partition coefficient (Wildman–Crippen LogP) is 7.33. The van der Waals surface area contributed by atoms with Crippen LogP contribution in [0.3, 0.4) is 0 Å². The molecule has 0 aliphatic heterocycles. The minimum atomic E-state index is -0.868. The molecule has 3 N–H and O–H groups in total. The van der Waals surface area contributed by atoms with Crippen molar-refractivity contribution < 1.29 is 19.5 Å². The first-order chi connectivity index (χ1) is 18.6. The summed E-state index contributed by atoms with van der Waals surface area (Å²) >= 11 is 1.64. The number of anilines is 1. The van der Waals surface area contributed by atoms with E-state index in [4.69, 9.17) is 5.11 Å². The van der Waals surface area contributed by atoms with Gasteiger partial charge in [-0.3, -0.25) is 14.4 Å². The molecule has 0 spiro atoms. The number of rotatable bonds is 8. The zero-order valence-electron chi connectivity index (χ0n) is 22.3. The number of carbonyl (C=O) groups excluding carboxylic acids is 2. The van der Waals surface area contributed by atoms with Crippen LogP contribution in [0.5, 0.6) is 0 Å². The van der Waals surface area contributed by atoms with Gasteiger partial charge in [-0.25, -0.2) is 0 Å². The van der Waals surface area contributed by atoms with Crippen LogP contribution in [0.2, 0.25) is 0 Å². The molecule has 4 rings (SSSR count). The summed E-state index contributed by atoms with van der Waals surface area (Å²) in [5, 5.41) is 16.9. The van der Waals surface area contributed by atoms with Gasteiger partial charge >= 0.3 is 5.97 Å². The van der Waals surface area contributed by atoms with Gasteiger partial charge in [0, 0.05) is 22.6 Å². The second-order valence-corrected chi connectivity index (χ2v) is 11.3. The smallest absolute Gasteiger partial charge is 0.303 e. The third-order valence-corrected chi connectivity index (χ3v) is 7.29. The lowest BCUT2D eigenvalue weighted by Gasteiger charge is -2.21. The highest BCUT2D eigenvalue weighted by molar-refractivity contribution is 7.13. The molecule has 0 saturated heterocycles. The monoisotopic (exact) mass is 540 g/mol. The molecule has 0 fully saturated rings. The maximum Gasteiger partial charge on any atom is 0.303 e. The molecule has 2 aromatic carbocycles. The molecule has 6 nitrogen and oxygen atoms in total. The molecule has 7 heteroatoms. The topological polar surface area (TPSA) is 95.5 Å². The molecule has 200 valence electrons. The van der Waals surface area contributed by atoms with Crippen molar-refractivity contribution in [3.8, 4) is 10.4 Å². The highest BCUT2D eigenvalue weighted by Crippen LogP contribution is 2.29. The van der Waals surface area contributed by atoms with E-state index in [1.54, 1.807) is 41.7 Å². The predicted molar refractivity (Wildman–Crippen MR) is 157 cm³/mol. The van der Waals surface area contributed by atoms with Gasteiger partial charge in [0.25, 0.3) is 11.8 Å². The van der Waals surface area contributed by atoms with Crippen LogP contribution in [-0.4, -0.2) is 22.9 Å². The molecule has 1 aliphatic rings. The molecule has 0 radical (unpaired) electrons. The summed E-state index contributed by atoms with van der Waals surface area (Å²) in [4.78, 5) is 38.8. The normalized spacial score (nSPS) is 13.2. The highest BCUT2D eigenvalue weighted by Gasteiger charge is 2.21. The quantitative estimate of drug-likeness (QED) is 0.279. The minimum absolute atomic E-state index is 0.0162. The Labute approximate surface area is 232 Å². The summed E-state index contributed by atoms with van der Waals surface area (Å²) in [6.45, 7) is 6.22. The van der Waals surface area contributed by atoms with Crippen LogP contribution in [-0.2, 0) is 10.2 Å². The summed E-state index contributed by atoms with van der Waals surface area (Å²) in [6.07, 6.45) is 8.50. The molecule has 0 atom stereocenters. The van der Waals surface area contributed by atoms with Crippen molar-refractivity contribution in [2.45, 2.75) is 45.4 Å². The lowest BCUT2D eigenvalue weighted by molar-refractivity contribution is -0.136. The largest absolute Gasteiger partial charge is 0.481 e. The fourth-order valence-corrected chi connectivity index (χ4v) is 4.89. The number of allylic oxidation sites excluding steroid dienone is 5. The highest BCUT2D eigenvalue weighted by atomic mass is 32.1. The molecule has 39 heavy (non-hydrogen) atoms. The Morgan fingerprint density at radius 3 is 2.41 bits per heavy atom. The Morgan fingerprint density at radius 2 is 1.74 bits per heavy atom. The van der Waals surface area contributed by atoms with Crippen molar-refractivity contribution >= 4 is 34.8 Å². The Morgan fingerprint density at radius 1 is 0.974 bits per heavy atom. The van der Waals surface area contributed by atoms with Gasteiger partial charge in [0.2, 0.25) is 0 Å². The van der Waals surface area contributed by atoms with Crippen LogP contribution in [0.4, 0.5) is 5.69 Å². The van der Waals surface area contributed by atoms with Gasteiger partial charge in [0.1, 0.15) is 0 Å². The van der Waals surface area contributed by atoms with Crippen molar-refractivity contribution in [2.24, 2.45) is 0 Å². The Balaban J connectivity index is 1.58. The zero-order chi connectivity index (χ0) is 28.0. The fraction of sp³-hybridized carbons (Fsp3) is 0.219. The van der Waals surface area contributed by atoms with Crippen molar-refractivity contribution in [2.75, 3.05) is 5.32 Å². The van der Waals surface area contributed by atoms with Crippen LogP contribution in [0.15, 0.2) is 95.6 Å². The van der Waals surface area contributed by atoms with Gasteiger partial charge < -0.3 is 15.7 Å². The SMILES string of the molecule is CC(C)(C)c1ccc(C(=O)NC2=CC(CCC(=O)O)=CCC=C2)c(NC(=O)c2ccc(-c3cccs3)cc2)c1. The van der Waals surface area contributed by atoms with E-state index in [1.165, 1.54) is 0 Å². The lowest BCUT2D eigenvalue weighted by atomic mass is 9.86. The van der Waals surface area contributed by atoms with Crippen LogP contribution in [0.25, 0.3) is 10.4 Å². The van der Waals surface area contributed by atoms with Gasteiger partial charge in [0.05, 0.1) is 11.3 Å². The zero-order valence-corrected chi connectivity index (χ0v) is 23.1. The molecule has 2 amide bonds. The number of hydrogen-bond acceptors (Lipinski definition) is 4. The number of thiophene rings is 1. The van der Waals surface area contributed by atoms with Crippen LogP contribution in [0, 0.1) is 0 Å². The van der Waals surface area contributed by atoms with Crippen LogP contribution in [0.1, 0.15) is 66.3 Å². The number of amides is 2. The fourth-order valence-electron chi connectivity index (χ4n) is 4.16. The molecular formula is C32H32N2O4S. The number of nitrogens with one attached hydrogen (secondary N) is 2. The van der Waals surface area contributed by atoms with Crippen LogP contribution < -0.4 is 10.6 Å². The number of carboxylic acids is 1. The van der Waals surface area contributed by atoms with Gasteiger partial charge in [-0.05, 0) is 82.8 Å². The number of carbonyl (C=O) groups is 3. The van der Waals surface area contributed by atoms with E-state index in [1.807, 2.05) is 53.9 Å². The summed E-state index contributed by atoms with van der Waals surface area (Å²) in [5.74, 6) is -1.54. The Bertz CT molecular complexity index is 1460. The van der Waals surface area contributed by atoms with Crippen molar-refractivity contribution in [3.63, 3.8) is 0 Å². The molecule has 0 unspecified atom stereocenters. The van der Waals surface area contributed by atoms with Crippen LogP contribution >= 0.6 is 11.3 Å². The van der Waals surface area contributed by atoms with E-state index in [9.17, 15) is 14.4 Å². The summed E-state index contributed by atoms with van der Waals surface area (Å²) in [6, 6.07) is 16.9. The molecule has 1 aromatic heterocycles. The van der Waals surface area contributed by atoms with Crippen molar-refractivity contribution in [1.29, 1.82) is 0 Å².